The van der Waals surface area contributed by atoms with Crippen LogP contribution in [0.2, 0.25) is 0 Å². The van der Waals surface area contributed by atoms with Crippen LogP contribution in [0.15, 0.2) is 0 Å². The fourth-order valence-corrected chi connectivity index (χ4v) is 2.32. The Hall–Kier alpha value is -0.0400. The van der Waals surface area contributed by atoms with Crippen LogP contribution in [0.25, 0.3) is 0 Å². The number of rotatable bonds is 3. The monoisotopic (exact) mass is 228 g/mol. The van der Waals surface area contributed by atoms with Gasteiger partial charge in [-0.05, 0) is 11.3 Å². The third-order valence-electron chi connectivity index (χ3n) is 3.00. The molecule has 0 radical (unpaired) electrons. The van der Waals surface area contributed by atoms with Crippen LogP contribution in [0.4, 0.5) is 0 Å². The largest absolute Gasteiger partial charge is 0.384 e. The van der Waals surface area contributed by atoms with Gasteiger partial charge in [-0.2, -0.15) is 0 Å². The van der Waals surface area contributed by atoms with Gasteiger partial charge in [0.1, 0.15) is 0 Å². The zero-order valence-electron chi connectivity index (χ0n) is 12.1. The molecule has 1 rings (SSSR count). The van der Waals surface area contributed by atoms with Crippen molar-refractivity contribution in [1.82, 2.24) is 0 Å². The highest BCUT2D eigenvalue weighted by Gasteiger charge is 2.11. The fraction of sp³-hybridized carbons (Fsp3) is 1.00. The Bertz CT molecular complexity index is 137. The van der Waals surface area contributed by atoms with Crippen molar-refractivity contribution in [1.29, 1.82) is 0 Å². The summed E-state index contributed by atoms with van der Waals surface area (Å²) in [5.74, 6) is 1.10. The van der Waals surface area contributed by atoms with E-state index in [0.717, 1.165) is 12.5 Å². The zero-order chi connectivity index (χ0) is 12.4. The number of hydrogen-bond acceptors (Lipinski definition) is 1. The van der Waals surface area contributed by atoms with Gasteiger partial charge >= 0.3 is 0 Å². The molecule has 1 heteroatoms. The van der Waals surface area contributed by atoms with Crippen molar-refractivity contribution >= 4 is 0 Å². The Morgan fingerprint density at radius 2 is 1.62 bits per heavy atom. The predicted octanol–water partition coefficient (Wildman–Crippen LogP) is 5.05. The maximum Gasteiger partial charge on any atom is 0.0510 e. The summed E-state index contributed by atoms with van der Waals surface area (Å²) in [6.45, 7) is 9.59. The van der Waals surface area contributed by atoms with Crippen LogP contribution in [-0.2, 0) is 4.74 Å². The van der Waals surface area contributed by atoms with Gasteiger partial charge in [-0.1, -0.05) is 72.6 Å². The van der Waals surface area contributed by atoms with Crippen LogP contribution in [-0.4, -0.2) is 13.7 Å². The predicted molar refractivity (Wildman–Crippen MR) is 72.8 cm³/mol. The molecule has 0 aromatic heterocycles. The van der Waals surface area contributed by atoms with E-state index in [4.69, 9.17) is 4.74 Å². The van der Waals surface area contributed by atoms with Gasteiger partial charge in [0, 0.05) is 7.11 Å². The van der Waals surface area contributed by atoms with E-state index >= 15 is 0 Å². The average Bonchev–Trinajstić information content (AvgIpc) is 2.19. The molecule has 0 aromatic carbocycles. The average molecular weight is 228 g/mol. The quantitative estimate of drug-likeness (QED) is 0.657. The third kappa shape index (κ3) is 10.5. The Morgan fingerprint density at radius 1 is 1.06 bits per heavy atom. The third-order valence-corrected chi connectivity index (χ3v) is 3.00. The molecule has 0 unspecified atom stereocenters. The molecule has 0 saturated heterocycles. The zero-order valence-corrected chi connectivity index (χ0v) is 12.1. The first-order valence-electron chi connectivity index (χ1n) is 6.98. The van der Waals surface area contributed by atoms with E-state index in [1.165, 1.54) is 44.9 Å². The molecule has 0 heterocycles. The molecule has 1 aliphatic carbocycles. The van der Waals surface area contributed by atoms with E-state index in [0.29, 0.717) is 5.41 Å². The minimum absolute atomic E-state index is 0.328. The lowest BCUT2D eigenvalue weighted by Gasteiger charge is -2.20. The normalized spacial score (nSPS) is 17.8. The van der Waals surface area contributed by atoms with Gasteiger partial charge in [0.05, 0.1) is 6.61 Å². The van der Waals surface area contributed by atoms with Gasteiger partial charge in [0.25, 0.3) is 0 Å². The van der Waals surface area contributed by atoms with E-state index in [1.54, 1.807) is 7.11 Å². The summed E-state index contributed by atoms with van der Waals surface area (Å²) >= 11 is 0. The Labute approximate surface area is 103 Å². The minimum Gasteiger partial charge on any atom is -0.384 e. The summed E-state index contributed by atoms with van der Waals surface area (Å²) in [5.41, 5.74) is 0.328. The fourth-order valence-electron chi connectivity index (χ4n) is 2.32. The standard InChI is InChI=1S/C9H18.C6H14O/c1-2-6-9-7-4-3-5-8-9;1-6(2,3)5-7-4/h9H,2-8H2,1H3;5H2,1-4H3. The molecule has 0 amide bonds. The van der Waals surface area contributed by atoms with E-state index in [-0.39, 0.29) is 0 Å². The van der Waals surface area contributed by atoms with Gasteiger partial charge < -0.3 is 4.74 Å². The Balaban J connectivity index is 0.000000293. The lowest BCUT2D eigenvalue weighted by Crippen LogP contribution is -2.12. The van der Waals surface area contributed by atoms with Crippen molar-refractivity contribution < 1.29 is 4.74 Å². The van der Waals surface area contributed by atoms with Crippen LogP contribution in [0, 0.1) is 11.3 Å². The van der Waals surface area contributed by atoms with Gasteiger partial charge in [0.15, 0.2) is 0 Å². The lowest BCUT2D eigenvalue weighted by molar-refractivity contribution is 0.116. The molecule has 0 N–H and O–H groups in total. The van der Waals surface area contributed by atoms with E-state index in [9.17, 15) is 0 Å². The molecular formula is C15H32O. The van der Waals surface area contributed by atoms with Crippen molar-refractivity contribution in [3.63, 3.8) is 0 Å². The maximum atomic E-state index is 4.91. The molecule has 1 aliphatic rings. The van der Waals surface area contributed by atoms with Gasteiger partial charge in [-0.15, -0.1) is 0 Å². The smallest absolute Gasteiger partial charge is 0.0510 e. The van der Waals surface area contributed by atoms with Crippen LogP contribution in [0.1, 0.15) is 72.6 Å². The van der Waals surface area contributed by atoms with Crippen molar-refractivity contribution in [2.24, 2.45) is 11.3 Å². The maximum absolute atomic E-state index is 4.91. The Kier molecular flexibility index (Phi) is 9.02. The number of hydrogen-bond donors (Lipinski definition) is 0. The summed E-state index contributed by atoms with van der Waals surface area (Å²) in [4.78, 5) is 0. The number of ether oxygens (including phenoxy) is 1. The summed E-state index contributed by atoms with van der Waals surface area (Å²) in [7, 11) is 1.73. The van der Waals surface area contributed by atoms with Crippen LogP contribution >= 0.6 is 0 Å². The molecular weight excluding hydrogens is 196 g/mol. The van der Waals surface area contributed by atoms with Crippen LogP contribution < -0.4 is 0 Å². The van der Waals surface area contributed by atoms with E-state index in [1.807, 2.05) is 0 Å². The highest BCUT2D eigenvalue weighted by Crippen LogP contribution is 2.26. The minimum atomic E-state index is 0.328. The summed E-state index contributed by atoms with van der Waals surface area (Å²) < 4.78 is 4.91. The second-order valence-electron chi connectivity index (χ2n) is 6.29. The van der Waals surface area contributed by atoms with Crippen LogP contribution in [0.5, 0.6) is 0 Å². The molecule has 16 heavy (non-hydrogen) atoms. The lowest BCUT2D eigenvalue weighted by atomic mass is 9.86. The second-order valence-corrected chi connectivity index (χ2v) is 6.29. The molecule has 98 valence electrons. The van der Waals surface area contributed by atoms with Crippen molar-refractivity contribution in [2.45, 2.75) is 72.6 Å². The molecule has 0 spiro atoms. The van der Waals surface area contributed by atoms with Gasteiger partial charge in [-0.3, -0.25) is 0 Å². The highest BCUT2D eigenvalue weighted by atomic mass is 16.5. The van der Waals surface area contributed by atoms with Crippen molar-refractivity contribution in [3.05, 3.63) is 0 Å². The Morgan fingerprint density at radius 3 is 1.94 bits per heavy atom. The number of methoxy groups -OCH3 is 1. The SMILES string of the molecule is CCCC1CCCCC1.COCC(C)(C)C. The van der Waals surface area contributed by atoms with Gasteiger partial charge in [0.2, 0.25) is 0 Å². The highest BCUT2D eigenvalue weighted by molar-refractivity contribution is 4.64. The van der Waals surface area contributed by atoms with E-state index in [2.05, 4.69) is 27.7 Å². The summed E-state index contributed by atoms with van der Waals surface area (Å²) in [6.07, 6.45) is 10.4. The molecule has 1 fully saturated rings. The first kappa shape index (κ1) is 16.0. The topological polar surface area (TPSA) is 9.23 Å². The molecule has 0 bridgehead atoms. The van der Waals surface area contributed by atoms with Crippen LogP contribution in [0.3, 0.4) is 0 Å². The van der Waals surface area contributed by atoms with Crippen molar-refractivity contribution in [3.8, 4) is 0 Å². The molecule has 0 atom stereocenters. The van der Waals surface area contributed by atoms with Gasteiger partial charge in [-0.25, -0.2) is 0 Å². The molecule has 0 aliphatic heterocycles. The first-order valence-corrected chi connectivity index (χ1v) is 6.98. The first-order chi connectivity index (χ1) is 7.49. The summed E-state index contributed by atoms with van der Waals surface area (Å²) in [5, 5.41) is 0. The van der Waals surface area contributed by atoms with Crippen molar-refractivity contribution in [2.75, 3.05) is 13.7 Å². The molecule has 0 aromatic rings. The molecule has 1 saturated carbocycles. The van der Waals surface area contributed by atoms with E-state index < -0.39 is 0 Å². The second kappa shape index (κ2) is 9.04. The summed E-state index contributed by atoms with van der Waals surface area (Å²) in [6, 6.07) is 0. The molecule has 1 nitrogen and oxygen atoms in total.